The Morgan fingerprint density at radius 1 is 1.00 bits per heavy atom. The van der Waals surface area contributed by atoms with Gasteiger partial charge in [0, 0.05) is 23.7 Å². The van der Waals surface area contributed by atoms with Gasteiger partial charge >= 0.3 is 11.9 Å². The largest absolute Gasteiger partial charge is 0.476 e. The van der Waals surface area contributed by atoms with E-state index in [2.05, 4.69) is 10.6 Å². The summed E-state index contributed by atoms with van der Waals surface area (Å²) in [6.45, 7) is 5.31. The predicted molar refractivity (Wildman–Crippen MR) is 129 cm³/mol. The first-order valence-electron chi connectivity index (χ1n) is 10.9. The van der Waals surface area contributed by atoms with Gasteiger partial charge in [-0.15, -0.1) is 0 Å². The highest BCUT2D eigenvalue weighted by atomic mass is 35.5. The number of halogens is 1. The van der Waals surface area contributed by atoms with Crippen molar-refractivity contribution in [3.63, 3.8) is 0 Å². The lowest BCUT2D eigenvalue weighted by Crippen LogP contribution is -2.40. The van der Waals surface area contributed by atoms with Crippen LogP contribution in [0.3, 0.4) is 0 Å². The Morgan fingerprint density at radius 3 is 2.26 bits per heavy atom. The van der Waals surface area contributed by atoms with Crippen molar-refractivity contribution >= 4 is 29.4 Å². The number of hydrogen-bond acceptors (Lipinski definition) is 7. The van der Waals surface area contributed by atoms with Crippen LogP contribution in [0.25, 0.3) is 0 Å². The molecular weight excluding hydrogens is 460 g/mol. The van der Waals surface area contributed by atoms with E-state index < -0.39 is 24.3 Å². The molecule has 2 aromatic carbocycles. The summed E-state index contributed by atoms with van der Waals surface area (Å²) in [4.78, 5) is 36.3. The maximum atomic E-state index is 12.4. The van der Waals surface area contributed by atoms with Crippen molar-refractivity contribution in [3.05, 3.63) is 64.7 Å². The van der Waals surface area contributed by atoms with Gasteiger partial charge in [-0.2, -0.15) is 0 Å². The third kappa shape index (κ3) is 8.68. The smallest absolute Gasteiger partial charge is 0.352 e. The first kappa shape index (κ1) is 27.1. The molecular formula is C25H31ClN2O6. The Bertz CT molecular complexity index is 960. The minimum absolute atomic E-state index is 0.168. The van der Waals surface area contributed by atoms with Gasteiger partial charge in [0.05, 0.1) is 5.92 Å². The normalized spacial score (nSPS) is 11.9. The Balaban J connectivity index is 1.77. The van der Waals surface area contributed by atoms with Crippen LogP contribution in [-0.2, 0) is 25.5 Å². The van der Waals surface area contributed by atoms with Crippen LogP contribution in [-0.4, -0.2) is 50.4 Å². The Kier molecular flexibility index (Phi) is 10.3. The summed E-state index contributed by atoms with van der Waals surface area (Å²) in [6.07, 6.45) is 0.627. The zero-order valence-electron chi connectivity index (χ0n) is 19.9. The van der Waals surface area contributed by atoms with Crippen LogP contribution in [0.5, 0.6) is 5.75 Å². The molecule has 1 amide bonds. The van der Waals surface area contributed by atoms with Crippen LogP contribution >= 0.6 is 11.6 Å². The third-order valence-electron chi connectivity index (χ3n) is 4.90. The molecule has 9 heteroatoms. The topological polar surface area (TPSA) is 103 Å². The van der Waals surface area contributed by atoms with Gasteiger partial charge in [-0.25, -0.2) is 4.79 Å². The number of ether oxygens (including phenoxy) is 3. The van der Waals surface area contributed by atoms with Gasteiger partial charge in [0.2, 0.25) is 6.79 Å². The van der Waals surface area contributed by atoms with Crippen molar-refractivity contribution in [1.29, 1.82) is 0 Å². The molecule has 8 nitrogen and oxygen atoms in total. The van der Waals surface area contributed by atoms with Crippen LogP contribution in [0, 0.1) is 5.92 Å². The molecule has 0 aromatic heterocycles. The van der Waals surface area contributed by atoms with Crippen molar-refractivity contribution in [1.82, 2.24) is 10.6 Å². The summed E-state index contributed by atoms with van der Waals surface area (Å²) in [5.74, 6) is -1.15. The number of hydrogen-bond donors (Lipinski definition) is 2. The number of amides is 1. The van der Waals surface area contributed by atoms with E-state index >= 15 is 0 Å². The summed E-state index contributed by atoms with van der Waals surface area (Å²) in [7, 11) is 1.73. The van der Waals surface area contributed by atoms with Gasteiger partial charge in [-0.05, 0) is 69.3 Å². The molecule has 1 atom stereocenters. The summed E-state index contributed by atoms with van der Waals surface area (Å²) in [5.41, 5.74) is 0.258. The first-order valence-corrected chi connectivity index (χ1v) is 11.3. The predicted octanol–water partition coefficient (Wildman–Crippen LogP) is 3.37. The third-order valence-corrected chi connectivity index (χ3v) is 5.15. The molecule has 0 fully saturated rings. The fourth-order valence-electron chi connectivity index (χ4n) is 2.93. The summed E-state index contributed by atoms with van der Waals surface area (Å²) < 4.78 is 15.8. The van der Waals surface area contributed by atoms with E-state index in [-0.39, 0.29) is 11.8 Å². The van der Waals surface area contributed by atoms with Gasteiger partial charge in [0.15, 0.2) is 5.60 Å². The van der Waals surface area contributed by atoms with E-state index in [4.69, 9.17) is 25.8 Å². The monoisotopic (exact) mass is 490 g/mol. The maximum absolute atomic E-state index is 12.4. The van der Waals surface area contributed by atoms with Crippen LogP contribution in [0.4, 0.5) is 0 Å². The number of nitrogens with one attached hydrogen (secondary N) is 2. The first-order chi connectivity index (χ1) is 16.1. The second kappa shape index (κ2) is 13.0. The highest BCUT2D eigenvalue weighted by Crippen LogP contribution is 2.20. The van der Waals surface area contributed by atoms with Gasteiger partial charge < -0.3 is 24.8 Å². The SMILES string of the molecule is CNCC(C)C(=O)OCOC(=O)C(C)(C)Oc1ccc(CCNC(=O)c2ccc(Cl)cc2)cc1. The number of rotatable bonds is 12. The molecule has 184 valence electrons. The summed E-state index contributed by atoms with van der Waals surface area (Å²) in [6, 6.07) is 13.9. The lowest BCUT2D eigenvalue weighted by atomic mass is 10.1. The quantitative estimate of drug-likeness (QED) is 0.347. The van der Waals surface area contributed by atoms with E-state index in [1.54, 1.807) is 64.2 Å². The molecule has 0 radical (unpaired) electrons. The van der Waals surface area contributed by atoms with Crippen molar-refractivity contribution in [2.45, 2.75) is 32.8 Å². The van der Waals surface area contributed by atoms with E-state index in [9.17, 15) is 14.4 Å². The van der Waals surface area contributed by atoms with E-state index in [1.165, 1.54) is 0 Å². The van der Waals surface area contributed by atoms with Crippen molar-refractivity contribution in [3.8, 4) is 5.75 Å². The van der Waals surface area contributed by atoms with Crippen molar-refractivity contribution < 1.29 is 28.6 Å². The van der Waals surface area contributed by atoms with Gasteiger partial charge in [-0.3, -0.25) is 9.59 Å². The van der Waals surface area contributed by atoms with E-state index in [1.807, 2.05) is 12.1 Å². The van der Waals surface area contributed by atoms with Crippen molar-refractivity contribution in [2.24, 2.45) is 5.92 Å². The number of esters is 2. The number of benzene rings is 2. The summed E-state index contributed by atoms with van der Waals surface area (Å²) in [5, 5.41) is 6.32. The van der Waals surface area contributed by atoms with Crippen LogP contribution < -0.4 is 15.4 Å². The van der Waals surface area contributed by atoms with Crippen LogP contribution in [0.1, 0.15) is 36.7 Å². The molecule has 0 bridgehead atoms. The molecule has 2 rings (SSSR count). The average molecular weight is 491 g/mol. The summed E-state index contributed by atoms with van der Waals surface area (Å²) >= 11 is 5.84. The van der Waals surface area contributed by atoms with Gasteiger partial charge in [0.1, 0.15) is 5.75 Å². The lowest BCUT2D eigenvalue weighted by Gasteiger charge is -2.24. The molecule has 2 aromatic rings. The number of carbonyl (C=O) groups is 3. The molecule has 2 N–H and O–H groups in total. The molecule has 34 heavy (non-hydrogen) atoms. The molecule has 0 aliphatic carbocycles. The molecule has 0 saturated heterocycles. The minimum Gasteiger partial charge on any atom is -0.476 e. The number of carbonyl (C=O) groups excluding carboxylic acids is 3. The average Bonchev–Trinajstić information content (AvgIpc) is 2.80. The highest BCUT2D eigenvalue weighted by molar-refractivity contribution is 6.30. The Labute approximate surface area is 204 Å². The zero-order chi connectivity index (χ0) is 25.1. The lowest BCUT2D eigenvalue weighted by molar-refractivity contribution is -0.179. The molecule has 0 saturated carbocycles. The highest BCUT2D eigenvalue weighted by Gasteiger charge is 2.32. The molecule has 0 heterocycles. The standard InChI is InChI=1S/C25H31ClN2O6/c1-17(15-27-4)23(30)32-16-33-24(31)25(2,3)34-21-11-5-18(6-12-21)13-14-28-22(29)19-7-9-20(26)10-8-19/h5-12,17,27H,13-16H2,1-4H3,(H,28,29). The minimum atomic E-state index is -1.28. The van der Waals surface area contributed by atoms with Gasteiger partial charge in [-0.1, -0.05) is 30.7 Å². The fourth-order valence-corrected chi connectivity index (χ4v) is 3.06. The fraction of sp³-hybridized carbons (Fsp3) is 0.400. The molecule has 0 aliphatic rings. The maximum Gasteiger partial charge on any atom is 0.352 e. The van der Waals surface area contributed by atoms with Gasteiger partial charge in [0.25, 0.3) is 5.91 Å². The van der Waals surface area contributed by atoms with Crippen molar-refractivity contribution in [2.75, 3.05) is 26.9 Å². The van der Waals surface area contributed by atoms with E-state index in [0.29, 0.717) is 35.8 Å². The molecule has 0 spiro atoms. The Morgan fingerprint density at radius 2 is 1.65 bits per heavy atom. The van der Waals surface area contributed by atoms with Crippen LogP contribution in [0.2, 0.25) is 5.02 Å². The Hall–Kier alpha value is -3.10. The molecule has 0 aliphatic heterocycles. The molecule has 1 unspecified atom stereocenters. The van der Waals surface area contributed by atoms with Crippen LogP contribution in [0.15, 0.2) is 48.5 Å². The second-order valence-electron chi connectivity index (χ2n) is 8.24. The zero-order valence-corrected chi connectivity index (χ0v) is 20.6. The second-order valence-corrected chi connectivity index (χ2v) is 8.68. The van der Waals surface area contributed by atoms with E-state index in [0.717, 1.165) is 5.56 Å².